The van der Waals surface area contributed by atoms with E-state index in [2.05, 4.69) is 0 Å². The smallest absolute Gasteiger partial charge is 0.180 e. The molecule has 2 heteroatoms. The Labute approximate surface area is 71.1 Å². The minimum absolute atomic E-state index is 0.802. The first-order chi connectivity index (χ1) is 5.81. The van der Waals surface area contributed by atoms with E-state index in [1.54, 1.807) is 0 Å². The van der Waals surface area contributed by atoms with Crippen molar-refractivity contribution in [3.63, 3.8) is 0 Å². The van der Waals surface area contributed by atoms with Crippen molar-refractivity contribution >= 4 is 12.2 Å². The largest absolute Gasteiger partial charge is 0.364 e. The number of hydrogen-bond acceptors (Lipinski definition) is 2. The highest BCUT2D eigenvalue weighted by molar-refractivity contribution is 5.85. The number of methoxy groups -OCH3 is 1. The van der Waals surface area contributed by atoms with Crippen molar-refractivity contribution in [2.45, 2.75) is 6.29 Å². The molecule has 12 heavy (non-hydrogen) atoms. The van der Waals surface area contributed by atoms with Crippen LogP contribution in [0.15, 0.2) is 18.2 Å². The zero-order valence-corrected chi connectivity index (χ0v) is 6.82. The normalized spacial score (nSPS) is 15.2. The number of fused-ring (bicyclic) bond motifs is 1. The third-order valence-electron chi connectivity index (χ3n) is 2.06. The molecule has 0 saturated heterocycles. The van der Waals surface area contributed by atoms with Gasteiger partial charge in [0.2, 0.25) is 0 Å². The van der Waals surface area contributed by atoms with Crippen LogP contribution in [0.1, 0.15) is 23.0 Å². The van der Waals surface area contributed by atoms with E-state index in [1.165, 1.54) is 18.2 Å². The Balaban J connectivity index is 2.31. The molecule has 0 amide bonds. The number of aliphatic hydroxyl groups excluding tert-OH is 1. The highest BCUT2D eigenvalue weighted by Crippen LogP contribution is 2.26. The third-order valence-corrected chi connectivity index (χ3v) is 2.06. The van der Waals surface area contributed by atoms with Crippen molar-refractivity contribution in [3.8, 4) is 0 Å². The second-order valence-electron chi connectivity index (χ2n) is 2.81. The van der Waals surface area contributed by atoms with Crippen molar-refractivity contribution in [1.82, 2.24) is 0 Å². The highest BCUT2D eigenvalue weighted by atomic mass is 16.6. The maximum Gasteiger partial charge on any atom is 0.180 e. The van der Waals surface area contributed by atoms with Gasteiger partial charge in [0.05, 0.1) is 0 Å². The summed E-state index contributed by atoms with van der Waals surface area (Å²) in [5.74, 6) is 0. The van der Waals surface area contributed by atoms with Crippen molar-refractivity contribution in [3.05, 3.63) is 34.9 Å². The summed E-state index contributed by atoms with van der Waals surface area (Å²) in [6, 6.07) is 5.78. The Kier molecular flexibility index (Phi) is 1.71. The topological polar surface area (TPSA) is 29.5 Å². The maximum atomic E-state index is 9.32. The van der Waals surface area contributed by atoms with Crippen LogP contribution in [0.4, 0.5) is 0 Å². The summed E-state index contributed by atoms with van der Waals surface area (Å²) in [7, 11) is 1.49. The van der Waals surface area contributed by atoms with E-state index in [0.717, 1.165) is 5.56 Å². The van der Waals surface area contributed by atoms with Gasteiger partial charge in [-0.15, -0.1) is 0 Å². The van der Waals surface area contributed by atoms with Gasteiger partial charge in [-0.05, 0) is 17.2 Å². The second-order valence-corrected chi connectivity index (χ2v) is 2.81. The molecule has 0 heterocycles. The molecule has 2 rings (SSSR count). The molecule has 0 aromatic heterocycles. The number of aliphatic hydroxyl groups is 1. The van der Waals surface area contributed by atoms with Gasteiger partial charge in [0.15, 0.2) is 6.29 Å². The van der Waals surface area contributed by atoms with Crippen molar-refractivity contribution in [2.75, 3.05) is 7.11 Å². The zero-order valence-electron chi connectivity index (χ0n) is 6.82. The zero-order chi connectivity index (χ0) is 8.55. The molecule has 1 atom stereocenters. The lowest BCUT2D eigenvalue weighted by molar-refractivity contribution is -0.0769. The first-order valence-corrected chi connectivity index (χ1v) is 3.84. The average Bonchev–Trinajstić information content (AvgIpc) is 2.06. The van der Waals surface area contributed by atoms with Crippen LogP contribution < -0.4 is 0 Å². The van der Waals surface area contributed by atoms with E-state index >= 15 is 0 Å². The average molecular weight is 162 g/mol. The fraction of sp³-hybridized carbons (Fsp3) is 0.200. The Bertz CT molecular complexity index is 329. The molecule has 0 radical (unpaired) electrons. The molecule has 0 saturated carbocycles. The molecule has 1 aliphatic rings. The van der Waals surface area contributed by atoms with Gasteiger partial charge in [-0.2, -0.15) is 0 Å². The molecule has 1 N–H and O–H groups in total. The fourth-order valence-corrected chi connectivity index (χ4v) is 1.26. The first kappa shape index (κ1) is 7.53. The number of hydrogen-bond donors (Lipinski definition) is 1. The molecule has 1 aromatic carbocycles. The van der Waals surface area contributed by atoms with Gasteiger partial charge >= 0.3 is 0 Å². The summed E-state index contributed by atoms with van der Waals surface area (Å²) >= 11 is 0. The minimum atomic E-state index is -0.802. The van der Waals surface area contributed by atoms with Crippen LogP contribution in [-0.2, 0) is 4.74 Å². The van der Waals surface area contributed by atoms with Crippen LogP contribution in [0, 0.1) is 0 Å². The predicted molar refractivity (Wildman–Crippen MR) is 47.3 cm³/mol. The quantitative estimate of drug-likeness (QED) is 0.682. The monoisotopic (exact) mass is 162 g/mol. The first-order valence-electron chi connectivity index (χ1n) is 3.84. The summed E-state index contributed by atoms with van der Waals surface area (Å²) in [4.78, 5) is 0. The van der Waals surface area contributed by atoms with Crippen LogP contribution in [-0.4, -0.2) is 12.2 Å². The molecule has 62 valence electrons. The van der Waals surface area contributed by atoms with E-state index in [0.29, 0.717) is 0 Å². The van der Waals surface area contributed by atoms with E-state index < -0.39 is 6.29 Å². The number of benzene rings is 1. The molecule has 0 bridgehead atoms. The van der Waals surface area contributed by atoms with Crippen LogP contribution in [0.5, 0.6) is 0 Å². The highest BCUT2D eigenvalue weighted by Gasteiger charge is 2.10. The molecule has 0 spiro atoms. The Morgan fingerprint density at radius 1 is 1.25 bits per heavy atom. The maximum absolute atomic E-state index is 9.32. The van der Waals surface area contributed by atoms with Crippen LogP contribution in [0.2, 0.25) is 0 Å². The molecule has 0 fully saturated rings. The standard InChI is InChI=1S/C10H10O2/c1-12-10(11)9-5-3-7-2-4-8(7)6-9/h2-6,10-11H,1H3. The van der Waals surface area contributed by atoms with Gasteiger partial charge in [-0.3, -0.25) is 0 Å². The summed E-state index contributed by atoms with van der Waals surface area (Å²) in [5.41, 5.74) is 3.20. The molecule has 0 aliphatic heterocycles. The van der Waals surface area contributed by atoms with Crippen LogP contribution in [0.25, 0.3) is 12.2 Å². The van der Waals surface area contributed by atoms with Crippen molar-refractivity contribution in [2.24, 2.45) is 0 Å². The van der Waals surface area contributed by atoms with Crippen molar-refractivity contribution in [1.29, 1.82) is 0 Å². The summed E-state index contributed by atoms with van der Waals surface area (Å²) < 4.78 is 4.79. The third kappa shape index (κ3) is 1.05. The summed E-state index contributed by atoms with van der Waals surface area (Å²) in [5, 5.41) is 9.32. The number of ether oxygens (including phenoxy) is 1. The van der Waals surface area contributed by atoms with E-state index in [9.17, 15) is 5.11 Å². The molecule has 1 aliphatic carbocycles. The van der Waals surface area contributed by atoms with Gasteiger partial charge in [0.1, 0.15) is 0 Å². The van der Waals surface area contributed by atoms with Crippen LogP contribution >= 0.6 is 0 Å². The molecular formula is C10H10O2. The predicted octanol–water partition coefficient (Wildman–Crippen LogP) is 1.81. The Morgan fingerprint density at radius 3 is 2.50 bits per heavy atom. The Hall–Kier alpha value is -1.12. The lowest BCUT2D eigenvalue weighted by atomic mass is 9.95. The Morgan fingerprint density at radius 2 is 2.00 bits per heavy atom. The lowest BCUT2D eigenvalue weighted by Crippen LogP contribution is -2.01. The second kappa shape index (κ2) is 2.73. The molecule has 1 unspecified atom stereocenters. The van der Waals surface area contributed by atoms with Gasteiger partial charge < -0.3 is 9.84 Å². The fourth-order valence-electron chi connectivity index (χ4n) is 1.26. The summed E-state index contributed by atoms with van der Waals surface area (Å²) in [6.07, 6.45) is 3.25. The van der Waals surface area contributed by atoms with Gasteiger partial charge in [0, 0.05) is 12.7 Å². The minimum Gasteiger partial charge on any atom is -0.364 e. The molecular weight excluding hydrogens is 152 g/mol. The van der Waals surface area contributed by atoms with Gasteiger partial charge in [-0.25, -0.2) is 0 Å². The van der Waals surface area contributed by atoms with E-state index in [4.69, 9.17) is 4.74 Å². The lowest BCUT2D eigenvalue weighted by Gasteiger charge is -2.14. The SMILES string of the molecule is COC(O)c1ccc2c(c1)C=C2. The van der Waals surface area contributed by atoms with E-state index in [1.807, 2.05) is 30.4 Å². The van der Waals surface area contributed by atoms with Crippen molar-refractivity contribution < 1.29 is 9.84 Å². The molecule has 2 nitrogen and oxygen atoms in total. The van der Waals surface area contributed by atoms with Crippen LogP contribution in [0.3, 0.4) is 0 Å². The van der Waals surface area contributed by atoms with Gasteiger partial charge in [-0.1, -0.05) is 24.3 Å². The van der Waals surface area contributed by atoms with E-state index in [-0.39, 0.29) is 0 Å². The number of rotatable bonds is 2. The molecule has 1 aromatic rings. The van der Waals surface area contributed by atoms with Gasteiger partial charge in [0.25, 0.3) is 0 Å². The summed E-state index contributed by atoms with van der Waals surface area (Å²) in [6.45, 7) is 0.